The summed E-state index contributed by atoms with van der Waals surface area (Å²) >= 11 is 0.583. The van der Waals surface area contributed by atoms with Crippen LogP contribution in [0, 0.1) is 0 Å². The van der Waals surface area contributed by atoms with E-state index in [9.17, 15) is 18.0 Å². The first-order valence-corrected chi connectivity index (χ1v) is 11.1. The van der Waals surface area contributed by atoms with Gasteiger partial charge in [-0.1, -0.05) is 11.3 Å². The van der Waals surface area contributed by atoms with E-state index in [2.05, 4.69) is 20.1 Å². The number of halogens is 3. The van der Waals surface area contributed by atoms with Crippen molar-refractivity contribution in [1.29, 1.82) is 0 Å². The largest absolute Gasteiger partial charge is 0.464 e. The maximum atomic E-state index is 13.5. The van der Waals surface area contributed by atoms with E-state index in [0.717, 1.165) is 0 Å². The molecule has 176 valence electrons. The lowest BCUT2D eigenvalue weighted by Gasteiger charge is -2.40. The molecular formula is C20H22F3N7O2S. The third-order valence-electron chi connectivity index (χ3n) is 5.12. The van der Waals surface area contributed by atoms with Crippen molar-refractivity contribution in [2.75, 3.05) is 31.1 Å². The average Bonchev–Trinajstić information content (AvgIpc) is 3.44. The molecule has 0 bridgehead atoms. The van der Waals surface area contributed by atoms with Gasteiger partial charge < -0.3 is 14.5 Å². The van der Waals surface area contributed by atoms with Crippen LogP contribution in [0.5, 0.6) is 6.01 Å². The van der Waals surface area contributed by atoms with Crippen molar-refractivity contribution < 1.29 is 22.7 Å². The van der Waals surface area contributed by atoms with Gasteiger partial charge >= 0.3 is 12.2 Å². The second kappa shape index (κ2) is 9.33. The van der Waals surface area contributed by atoms with Crippen molar-refractivity contribution in [3.63, 3.8) is 0 Å². The number of ether oxygens (including phenoxy) is 1. The van der Waals surface area contributed by atoms with Gasteiger partial charge in [0.1, 0.15) is 17.2 Å². The fraction of sp³-hybridized carbons (Fsp3) is 0.450. The van der Waals surface area contributed by atoms with E-state index in [1.165, 1.54) is 12.4 Å². The molecule has 0 radical (unpaired) electrons. The van der Waals surface area contributed by atoms with Gasteiger partial charge in [-0.15, -0.1) is 0 Å². The minimum atomic E-state index is -4.57. The average molecular weight is 482 g/mol. The van der Waals surface area contributed by atoms with Crippen molar-refractivity contribution in [1.82, 2.24) is 29.6 Å². The number of alkyl halides is 3. The monoisotopic (exact) mass is 481 g/mol. The summed E-state index contributed by atoms with van der Waals surface area (Å²) in [6, 6.07) is 1.68. The van der Waals surface area contributed by atoms with Crippen molar-refractivity contribution in [3.8, 4) is 17.3 Å². The molecule has 1 amide bonds. The number of amides is 1. The highest BCUT2D eigenvalue weighted by Crippen LogP contribution is 2.43. The maximum Gasteiger partial charge on any atom is 0.443 e. The summed E-state index contributed by atoms with van der Waals surface area (Å²) in [6.45, 7) is 5.27. The lowest BCUT2D eigenvalue weighted by molar-refractivity contribution is -0.137. The van der Waals surface area contributed by atoms with Crippen LogP contribution in [0.25, 0.3) is 11.3 Å². The molecule has 0 aliphatic carbocycles. The van der Waals surface area contributed by atoms with E-state index in [-0.39, 0.29) is 30.2 Å². The highest BCUT2D eigenvalue weighted by Gasteiger charge is 2.38. The zero-order valence-corrected chi connectivity index (χ0v) is 18.8. The van der Waals surface area contributed by atoms with E-state index in [0.29, 0.717) is 48.1 Å². The van der Waals surface area contributed by atoms with Crippen molar-refractivity contribution in [3.05, 3.63) is 35.9 Å². The van der Waals surface area contributed by atoms with Gasteiger partial charge in [-0.3, -0.25) is 9.48 Å². The Morgan fingerprint density at radius 1 is 1.27 bits per heavy atom. The van der Waals surface area contributed by atoms with Crippen molar-refractivity contribution in [2.45, 2.75) is 32.6 Å². The Morgan fingerprint density at radius 2 is 2.03 bits per heavy atom. The number of piperazine rings is 1. The Morgan fingerprint density at radius 3 is 2.64 bits per heavy atom. The van der Waals surface area contributed by atoms with Crippen LogP contribution in [-0.2, 0) is 17.5 Å². The number of hydrogen-bond donors (Lipinski definition) is 0. The van der Waals surface area contributed by atoms with Gasteiger partial charge in [-0.05, 0) is 19.9 Å². The molecule has 3 aromatic heterocycles. The zero-order chi connectivity index (χ0) is 23.6. The number of thiazole rings is 1. The second-order valence-electron chi connectivity index (χ2n) is 7.44. The first kappa shape index (κ1) is 23.0. The van der Waals surface area contributed by atoms with Crippen LogP contribution in [0.4, 0.5) is 18.2 Å². The number of carbonyl (C=O) groups excluding carboxylic acids is 1. The van der Waals surface area contributed by atoms with Gasteiger partial charge in [0.05, 0.1) is 6.61 Å². The minimum Gasteiger partial charge on any atom is -0.464 e. The number of rotatable bonds is 6. The normalized spacial score (nSPS) is 16.8. The van der Waals surface area contributed by atoms with E-state index in [1.807, 2.05) is 11.8 Å². The first-order valence-electron chi connectivity index (χ1n) is 10.3. The summed E-state index contributed by atoms with van der Waals surface area (Å²) in [4.78, 5) is 28.2. The molecule has 0 aromatic carbocycles. The number of hydrogen-bond acceptors (Lipinski definition) is 8. The smallest absolute Gasteiger partial charge is 0.443 e. The maximum absolute atomic E-state index is 13.5. The van der Waals surface area contributed by atoms with Crippen LogP contribution in [0.3, 0.4) is 0 Å². The molecule has 0 unspecified atom stereocenters. The van der Waals surface area contributed by atoms with Gasteiger partial charge in [0.25, 0.3) is 0 Å². The molecule has 0 N–H and O–H groups in total. The molecule has 4 heterocycles. The quantitative estimate of drug-likeness (QED) is 0.535. The third kappa shape index (κ3) is 5.07. The molecule has 1 aliphatic rings. The van der Waals surface area contributed by atoms with Gasteiger partial charge in [0, 0.05) is 56.0 Å². The van der Waals surface area contributed by atoms with Crippen LogP contribution in [0.1, 0.15) is 18.9 Å². The summed E-state index contributed by atoms with van der Waals surface area (Å²) in [5.41, 5.74) is 0.531. The lowest BCUT2D eigenvalue weighted by atomic mass is 10.1. The van der Waals surface area contributed by atoms with E-state index >= 15 is 0 Å². The van der Waals surface area contributed by atoms with E-state index < -0.39 is 11.2 Å². The lowest BCUT2D eigenvalue weighted by Crippen LogP contribution is -2.54. The highest BCUT2D eigenvalue weighted by atomic mass is 32.1. The number of anilines is 1. The van der Waals surface area contributed by atoms with Crippen LogP contribution >= 0.6 is 11.3 Å². The van der Waals surface area contributed by atoms with Gasteiger partial charge in [0.15, 0.2) is 0 Å². The topological polar surface area (TPSA) is 89.3 Å². The molecule has 33 heavy (non-hydrogen) atoms. The Hall–Kier alpha value is -3.22. The second-order valence-corrected chi connectivity index (χ2v) is 8.42. The minimum absolute atomic E-state index is 0.0914. The Labute approximate surface area is 191 Å². The van der Waals surface area contributed by atoms with E-state index in [4.69, 9.17) is 4.74 Å². The molecule has 13 heteroatoms. The first-order chi connectivity index (χ1) is 15.8. The highest BCUT2D eigenvalue weighted by molar-refractivity contribution is 7.16. The van der Waals surface area contributed by atoms with Crippen molar-refractivity contribution in [2.24, 2.45) is 0 Å². The van der Waals surface area contributed by atoms with Gasteiger partial charge in [-0.2, -0.15) is 18.3 Å². The fourth-order valence-corrected chi connectivity index (χ4v) is 4.60. The Kier molecular flexibility index (Phi) is 6.49. The van der Waals surface area contributed by atoms with Gasteiger partial charge in [-0.25, -0.2) is 15.0 Å². The SMILES string of the molecule is CCOc1ncc(-c2nc(C(F)(F)F)sc2N2CCN(C(=O)Cn3cccn3)[C@H](C)C2)cn1. The predicted molar refractivity (Wildman–Crippen MR) is 115 cm³/mol. The molecule has 1 atom stereocenters. The third-order valence-corrected chi connectivity index (χ3v) is 6.28. The van der Waals surface area contributed by atoms with Crippen LogP contribution in [-0.4, -0.2) is 67.8 Å². The standard InChI is InChI=1S/C20H22F3N7O2S/c1-3-32-19-24-9-14(10-25-19)16-17(33-18(27-16)20(21,22)23)28-7-8-30(13(2)11-28)15(31)12-29-6-4-5-26-29/h4-6,9-10,13H,3,7-8,11-12H2,1-2H3/t13-/m1/s1. The molecular weight excluding hydrogens is 459 g/mol. The Bertz CT molecular complexity index is 1090. The summed E-state index contributed by atoms with van der Waals surface area (Å²) in [7, 11) is 0. The van der Waals surface area contributed by atoms with Crippen LogP contribution in [0.2, 0.25) is 0 Å². The molecule has 4 rings (SSSR count). The fourth-order valence-electron chi connectivity index (χ4n) is 3.61. The Balaban J connectivity index is 1.56. The number of carbonyl (C=O) groups is 1. The summed E-state index contributed by atoms with van der Waals surface area (Å²) in [5.74, 6) is -0.0914. The van der Waals surface area contributed by atoms with Gasteiger partial charge in [0.2, 0.25) is 10.9 Å². The molecule has 9 nitrogen and oxygen atoms in total. The summed E-state index contributed by atoms with van der Waals surface area (Å²) in [6.07, 6.45) is 1.55. The van der Waals surface area contributed by atoms with Crippen LogP contribution < -0.4 is 9.64 Å². The molecule has 1 saturated heterocycles. The zero-order valence-electron chi connectivity index (χ0n) is 18.0. The number of aromatic nitrogens is 5. The summed E-state index contributed by atoms with van der Waals surface area (Å²) in [5, 5.41) is 3.49. The molecule has 1 fully saturated rings. The molecule has 3 aromatic rings. The van der Waals surface area contributed by atoms with Crippen LogP contribution in [0.15, 0.2) is 30.9 Å². The van der Waals surface area contributed by atoms with Crippen molar-refractivity contribution >= 4 is 22.2 Å². The predicted octanol–water partition coefficient (Wildman–Crippen LogP) is 2.95. The molecule has 1 aliphatic heterocycles. The summed E-state index contributed by atoms with van der Waals surface area (Å²) < 4.78 is 47.2. The number of nitrogens with zero attached hydrogens (tertiary/aromatic N) is 7. The van der Waals surface area contributed by atoms with E-state index in [1.54, 1.807) is 35.0 Å². The molecule has 0 saturated carbocycles. The molecule has 0 spiro atoms.